The van der Waals surface area contributed by atoms with Crippen molar-refractivity contribution >= 4 is 32.8 Å². The molecule has 2 aromatic rings. The minimum atomic E-state index is -0.378. The SMILES string of the molecule is CCOc1cc(Br)nc2cc(C(=O)OC)ccc12. The summed E-state index contributed by atoms with van der Waals surface area (Å²) < 4.78 is 10.9. The molecule has 5 heteroatoms. The molecule has 0 atom stereocenters. The Kier molecular flexibility index (Phi) is 3.81. The topological polar surface area (TPSA) is 48.4 Å². The minimum Gasteiger partial charge on any atom is -0.493 e. The molecule has 0 unspecified atom stereocenters. The van der Waals surface area contributed by atoms with Gasteiger partial charge in [0.1, 0.15) is 10.4 Å². The molecule has 1 aromatic heterocycles. The van der Waals surface area contributed by atoms with Crippen molar-refractivity contribution in [3.8, 4) is 5.75 Å². The molecule has 0 spiro atoms. The molecule has 2 rings (SSSR count). The van der Waals surface area contributed by atoms with E-state index in [0.717, 1.165) is 11.1 Å². The monoisotopic (exact) mass is 309 g/mol. The van der Waals surface area contributed by atoms with Crippen molar-refractivity contribution in [2.75, 3.05) is 13.7 Å². The maximum Gasteiger partial charge on any atom is 0.337 e. The number of rotatable bonds is 3. The second kappa shape index (κ2) is 5.35. The smallest absolute Gasteiger partial charge is 0.337 e. The molecule has 94 valence electrons. The van der Waals surface area contributed by atoms with Gasteiger partial charge in [-0.25, -0.2) is 9.78 Å². The standard InChI is InChI=1S/C13H12BrNO3/c1-3-18-11-7-12(14)15-10-6-8(13(16)17-2)4-5-9(10)11/h4-7H,3H2,1-2H3. The van der Waals surface area contributed by atoms with Crippen LogP contribution >= 0.6 is 15.9 Å². The molecule has 0 saturated carbocycles. The number of methoxy groups -OCH3 is 1. The van der Waals surface area contributed by atoms with Gasteiger partial charge in [-0.15, -0.1) is 0 Å². The maximum atomic E-state index is 11.5. The zero-order valence-electron chi connectivity index (χ0n) is 10.1. The number of pyridine rings is 1. The number of aromatic nitrogens is 1. The Morgan fingerprint density at radius 1 is 1.39 bits per heavy atom. The van der Waals surface area contributed by atoms with E-state index in [0.29, 0.717) is 22.3 Å². The van der Waals surface area contributed by atoms with Crippen LogP contribution in [-0.4, -0.2) is 24.7 Å². The number of fused-ring (bicyclic) bond motifs is 1. The van der Waals surface area contributed by atoms with Crippen LogP contribution in [0.15, 0.2) is 28.9 Å². The summed E-state index contributed by atoms with van der Waals surface area (Å²) in [7, 11) is 1.35. The number of esters is 1. The predicted molar refractivity (Wildman–Crippen MR) is 72.0 cm³/mol. The summed E-state index contributed by atoms with van der Waals surface area (Å²) >= 11 is 3.32. The Bertz CT molecular complexity index is 598. The molecule has 1 heterocycles. The average Bonchev–Trinajstić information content (AvgIpc) is 2.37. The van der Waals surface area contributed by atoms with Gasteiger partial charge in [-0.2, -0.15) is 0 Å². The summed E-state index contributed by atoms with van der Waals surface area (Å²) in [5, 5.41) is 0.868. The Morgan fingerprint density at radius 2 is 2.17 bits per heavy atom. The van der Waals surface area contributed by atoms with Crippen LogP contribution in [0.1, 0.15) is 17.3 Å². The highest BCUT2D eigenvalue weighted by Gasteiger charge is 2.10. The van der Waals surface area contributed by atoms with E-state index in [4.69, 9.17) is 4.74 Å². The molecule has 18 heavy (non-hydrogen) atoms. The maximum absolute atomic E-state index is 11.5. The van der Waals surface area contributed by atoms with Crippen LogP contribution in [0.4, 0.5) is 0 Å². The summed E-state index contributed by atoms with van der Waals surface area (Å²) in [4.78, 5) is 15.8. The predicted octanol–water partition coefficient (Wildman–Crippen LogP) is 3.18. The Morgan fingerprint density at radius 3 is 2.83 bits per heavy atom. The molecular weight excluding hydrogens is 298 g/mol. The lowest BCUT2D eigenvalue weighted by atomic mass is 10.1. The number of nitrogens with zero attached hydrogens (tertiary/aromatic N) is 1. The minimum absolute atomic E-state index is 0.378. The lowest BCUT2D eigenvalue weighted by molar-refractivity contribution is 0.0601. The van der Waals surface area contributed by atoms with Crippen molar-refractivity contribution in [2.45, 2.75) is 6.92 Å². The third kappa shape index (κ3) is 2.46. The van der Waals surface area contributed by atoms with Gasteiger partial charge in [0.15, 0.2) is 0 Å². The summed E-state index contributed by atoms with van der Waals surface area (Å²) in [5.74, 6) is 0.363. The van der Waals surface area contributed by atoms with Gasteiger partial charge in [-0.05, 0) is 41.1 Å². The third-order valence-electron chi connectivity index (χ3n) is 2.46. The fourth-order valence-corrected chi connectivity index (χ4v) is 2.08. The van der Waals surface area contributed by atoms with Gasteiger partial charge < -0.3 is 9.47 Å². The van der Waals surface area contributed by atoms with Gasteiger partial charge in [0, 0.05) is 11.5 Å². The van der Waals surface area contributed by atoms with Crippen LogP contribution in [0.3, 0.4) is 0 Å². The molecule has 0 aliphatic heterocycles. The second-order valence-electron chi connectivity index (χ2n) is 3.60. The highest BCUT2D eigenvalue weighted by molar-refractivity contribution is 9.10. The van der Waals surface area contributed by atoms with Crippen molar-refractivity contribution in [3.05, 3.63) is 34.4 Å². The molecule has 0 radical (unpaired) electrons. The van der Waals surface area contributed by atoms with E-state index in [1.165, 1.54) is 7.11 Å². The molecule has 1 aromatic carbocycles. The van der Waals surface area contributed by atoms with E-state index in [1.807, 2.05) is 19.1 Å². The molecule has 0 amide bonds. The number of ether oxygens (including phenoxy) is 2. The second-order valence-corrected chi connectivity index (χ2v) is 4.41. The first-order chi connectivity index (χ1) is 8.65. The lowest BCUT2D eigenvalue weighted by Gasteiger charge is -2.08. The fourth-order valence-electron chi connectivity index (χ4n) is 1.69. The van der Waals surface area contributed by atoms with Gasteiger partial charge in [-0.3, -0.25) is 0 Å². The Balaban J connectivity index is 2.60. The van der Waals surface area contributed by atoms with Crippen LogP contribution in [-0.2, 0) is 4.74 Å². The van der Waals surface area contributed by atoms with E-state index >= 15 is 0 Å². The largest absolute Gasteiger partial charge is 0.493 e. The van der Waals surface area contributed by atoms with Gasteiger partial charge in [-0.1, -0.05) is 0 Å². The molecule has 0 aliphatic rings. The zero-order valence-corrected chi connectivity index (χ0v) is 11.7. The van der Waals surface area contributed by atoms with E-state index in [1.54, 1.807) is 12.1 Å². The molecule has 4 nitrogen and oxygen atoms in total. The number of carbonyl (C=O) groups excluding carboxylic acids is 1. The number of carbonyl (C=O) groups is 1. The molecule has 0 fully saturated rings. The van der Waals surface area contributed by atoms with Gasteiger partial charge in [0.25, 0.3) is 0 Å². The van der Waals surface area contributed by atoms with Crippen molar-refractivity contribution < 1.29 is 14.3 Å². The fraction of sp³-hybridized carbons (Fsp3) is 0.231. The Hall–Kier alpha value is -1.62. The lowest BCUT2D eigenvalue weighted by Crippen LogP contribution is -2.01. The number of hydrogen-bond donors (Lipinski definition) is 0. The number of hydrogen-bond acceptors (Lipinski definition) is 4. The summed E-state index contributed by atoms with van der Waals surface area (Å²) in [5.41, 5.74) is 1.16. The van der Waals surface area contributed by atoms with Crippen molar-refractivity contribution in [2.24, 2.45) is 0 Å². The van der Waals surface area contributed by atoms with Crippen molar-refractivity contribution in [1.29, 1.82) is 0 Å². The molecule has 0 aliphatic carbocycles. The van der Waals surface area contributed by atoms with Gasteiger partial charge in [0.05, 0.1) is 24.8 Å². The zero-order chi connectivity index (χ0) is 13.1. The van der Waals surface area contributed by atoms with Gasteiger partial charge in [0.2, 0.25) is 0 Å². The summed E-state index contributed by atoms with van der Waals surface area (Å²) in [6.45, 7) is 2.49. The quantitative estimate of drug-likeness (QED) is 0.645. The highest BCUT2D eigenvalue weighted by atomic mass is 79.9. The van der Waals surface area contributed by atoms with Crippen LogP contribution in [0, 0.1) is 0 Å². The van der Waals surface area contributed by atoms with Crippen molar-refractivity contribution in [3.63, 3.8) is 0 Å². The first kappa shape index (κ1) is 12.8. The summed E-state index contributed by atoms with van der Waals surface area (Å²) in [6, 6.07) is 7.01. The highest BCUT2D eigenvalue weighted by Crippen LogP contribution is 2.28. The normalized spacial score (nSPS) is 10.4. The van der Waals surface area contributed by atoms with Crippen LogP contribution in [0.25, 0.3) is 10.9 Å². The van der Waals surface area contributed by atoms with E-state index < -0.39 is 0 Å². The first-order valence-corrected chi connectivity index (χ1v) is 6.26. The van der Waals surface area contributed by atoms with Crippen LogP contribution in [0.5, 0.6) is 5.75 Å². The van der Waals surface area contributed by atoms with Crippen LogP contribution in [0.2, 0.25) is 0 Å². The third-order valence-corrected chi connectivity index (χ3v) is 2.87. The average molecular weight is 310 g/mol. The van der Waals surface area contributed by atoms with Gasteiger partial charge >= 0.3 is 5.97 Å². The molecule has 0 N–H and O–H groups in total. The van der Waals surface area contributed by atoms with E-state index in [2.05, 4.69) is 25.7 Å². The summed E-state index contributed by atoms with van der Waals surface area (Å²) in [6.07, 6.45) is 0. The van der Waals surface area contributed by atoms with E-state index in [9.17, 15) is 4.79 Å². The number of benzene rings is 1. The number of halogens is 1. The Labute approximate surface area is 113 Å². The molecular formula is C13H12BrNO3. The van der Waals surface area contributed by atoms with Crippen molar-refractivity contribution in [1.82, 2.24) is 4.98 Å². The molecule has 0 bridgehead atoms. The van der Waals surface area contributed by atoms with Crippen LogP contribution < -0.4 is 4.74 Å². The first-order valence-electron chi connectivity index (χ1n) is 5.47. The molecule has 0 saturated heterocycles. The van der Waals surface area contributed by atoms with E-state index in [-0.39, 0.29) is 5.97 Å².